The van der Waals surface area contributed by atoms with Crippen LogP contribution in [0.3, 0.4) is 0 Å². The summed E-state index contributed by atoms with van der Waals surface area (Å²) in [7, 11) is 0. The third-order valence-corrected chi connectivity index (χ3v) is 4.51. The van der Waals surface area contributed by atoms with Crippen molar-refractivity contribution in [1.29, 1.82) is 0 Å². The van der Waals surface area contributed by atoms with Crippen molar-refractivity contribution in [1.82, 2.24) is 5.32 Å². The molecule has 120 valence electrons. The molecule has 2 N–H and O–H groups in total. The molecule has 0 saturated heterocycles. The van der Waals surface area contributed by atoms with Gasteiger partial charge in [-0.3, -0.25) is 9.59 Å². The Morgan fingerprint density at radius 3 is 2.65 bits per heavy atom. The van der Waals surface area contributed by atoms with E-state index in [-0.39, 0.29) is 0 Å². The third kappa shape index (κ3) is 3.29. The van der Waals surface area contributed by atoms with Gasteiger partial charge in [-0.15, -0.1) is 11.3 Å². The van der Waals surface area contributed by atoms with Gasteiger partial charge in [-0.1, -0.05) is 0 Å². The summed E-state index contributed by atoms with van der Waals surface area (Å²) in [6.45, 7) is 2.48. The van der Waals surface area contributed by atoms with E-state index in [0.717, 1.165) is 10.4 Å². The van der Waals surface area contributed by atoms with Crippen molar-refractivity contribution >= 4 is 23.2 Å². The first kappa shape index (κ1) is 15.4. The Morgan fingerprint density at radius 2 is 1.91 bits per heavy atom. The third-order valence-electron chi connectivity index (χ3n) is 3.37. The number of aliphatic carboxylic acids is 1. The van der Waals surface area contributed by atoms with E-state index < -0.39 is 17.9 Å². The van der Waals surface area contributed by atoms with Crippen LogP contribution >= 0.6 is 11.3 Å². The number of carboxylic acid groups (broad SMARTS) is 1. The molecule has 0 spiro atoms. The molecule has 6 nitrogen and oxygen atoms in total. The van der Waals surface area contributed by atoms with Crippen molar-refractivity contribution in [3.8, 4) is 21.9 Å². The van der Waals surface area contributed by atoms with Gasteiger partial charge >= 0.3 is 5.97 Å². The number of nitrogens with one attached hydrogen (secondary N) is 1. The molecule has 1 aliphatic heterocycles. The van der Waals surface area contributed by atoms with Crippen molar-refractivity contribution < 1.29 is 24.2 Å². The molecule has 1 aromatic heterocycles. The Kier molecular flexibility index (Phi) is 4.20. The second kappa shape index (κ2) is 6.29. The number of carboxylic acids is 1. The lowest BCUT2D eigenvalue weighted by atomic mass is 10.1. The van der Waals surface area contributed by atoms with E-state index >= 15 is 0 Å². The maximum Gasteiger partial charge on any atom is 0.325 e. The van der Waals surface area contributed by atoms with Gasteiger partial charge in [0.1, 0.15) is 19.3 Å². The summed E-state index contributed by atoms with van der Waals surface area (Å²) < 4.78 is 11.0. The van der Waals surface area contributed by atoms with Gasteiger partial charge in [-0.05, 0) is 42.8 Å². The maximum atomic E-state index is 12.0. The van der Waals surface area contributed by atoms with E-state index in [1.165, 1.54) is 18.3 Å². The fourth-order valence-electron chi connectivity index (χ4n) is 2.14. The Hall–Kier alpha value is -2.54. The van der Waals surface area contributed by atoms with Crippen LogP contribution < -0.4 is 14.8 Å². The number of carbonyl (C=O) groups is 2. The van der Waals surface area contributed by atoms with Gasteiger partial charge in [0.2, 0.25) is 0 Å². The summed E-state index contributed by atoms with van der Waals surface area (Å²) in [6.07, 6.45) is 0. The van der Waals surface area contributed by atoms with E-state index in [4.69, 9.17) is 14.6 Å². The predicted molar refractivity (Wildman–Crippen MR) is 85.3 cm³/mol. The van der Waals surface area contributed by atoms with Gasteiger partial charge in [-0.25, -0.2) is 0 Å². The first-order valence-electron chi connectivity index (χ1n) is 7.08. The molecule has 1 atom stereocenters. The summed E-state index contributed by atoms with van der Waals surface area (Å²) in [5, 5.41) is 11.3. The second-order valence-electron chi connectivity index (χ2n) is 5.06. The molecule has 1 aromatic carbocycles. The number of hydrogen-bond acceptors (Lipinski definition) is 5. The molecule has 7 heteroatoms. The van der Waals surface area contributed by atoms with Crippen LogP contribution in [0.1, 0.15) is 16.6 Å². The quantitative estimate of drug-likeness (QED) is 0.897. The normalized spacial score (nSPS) is 14.1. The Bertz CT molecular complexity index is 755. The lowest BCUT2D eigenvalue weighted by Crippen LogP contribution is -2.37. The highest BCUT2D eigenvalue weighted by Gasteiger charge is 2.18. The van der Waals surface area contributed by atoms with Crippen molar-refractivity contribution in [2.45, 2.75) is 13.0 Å². The lowest BCUT2D eigenvalue weighted by Gasteiger charge is -2.18. The predicted octanol–water partition coefficient (Wildman–Crippen LogP) is 2.39. The molecule has 0 unspecified atom stereocenters. The number of benzene rings is 1. The number of amides is 1. The van der Waals surface area contributed by atoms with Crippen LogP contribution in [0, 0.1) is 0 Å². The molecular weight excluding hydrogens is 318 g/mol. The number of carbonyl (C=O) groups excluding carboxylic acids is 1. The van der Waals surface area contributed by atoms with Crippen LogP contribution in [0.5, 0.6) is 11.5 Å². The maximum absolute atomic E-state index is 12.0. The summed E-state index contributed by atoms with van der Waals surface area (Å²) >= 11 is 1.30. The molecular formula is C16H15NO5S. The highest BCUT2D eigenvalue weighted by molar-refractivity contribution is 7.17. The van der Waals surface area contributed by atoms with Crippen LogP contribution in [0.4, 0.5) is 0 Å². The number of ether oxygens (including phenoxy) is 2. The number of rotatable bonds is 4. The summed E-state index contributed by atoms with van der Waals surface area (Å²) in [6, 6.07) is 8.21. The molecule has 0 aliphatic carbocycles. The van der Waals surface area contributed by atoms with Gasteiger partial charge in [0.25, 0.3) is 5.91 Å². The van der Waals surface area contributed by atoms with Crippen LogP contribution in [-0.2, 0) is 4.79 Å². The van der Waals surface area contributed by atoms with Gasteiger partial charge < -0.3 is 19.9 Å². The van der Waals surface area contributed by atoms with Crippen LogP contribution in [0.25, 0.3) is 10.4 Å². The van der Waals surface area contributed by atoms with E-state index in [9.17, 15) is 9.59 Å². The Balaban J connectivity index is 1.79. The smallest absolute Gasteiger partial charge is 0.325 e. The molecule has 23 heavy (non-hydrogen) atoms. The Labute approximate surface area is 136 Å². The van der Waals surface area contributed by atoms with Crippen molar-refractivity contribution in [3.63, 3.8) is 0 Å². The number of thiophene rings is 1. The zero-order valence-corrected chi connectivity index (χ0v) is 13.2. The number of fused-ring (bicyclic) bond motifs is 1. The fraction of sp³-hybridized carbons (Fsp3) is 0.250. The molecule has 0 saturated carbocycles. The van der Waals surface area contributed by atoms with Gasteiger partial charge in [-0.2, -0.15) is 0 Å². The minimum absolute atomic E-state index is 0.395. The van der Waals surface area contributed by atoms with Crippen LogP contribution in [0.2, 0.25) is 0 Å². The van der Waals surface area contributed by atoms with Crippen molar-refractivity contribution in [3.05, 3.63) is 35.2 Å². The molecule has 2 heterocycles. The monoisotopic (exact) mass is 333 g/mol. The summed E-state index contributed by atoms with van der Waals surface area (Å²) in [4.78, 5) is 24.2. The minimum atomic E-state index is -1.07. The first-order chi connectivity index (χ1) is 11.0. The Morgan fingerprint density at radius 1 is 1.17 bits per heavy atom. The molecule has 2 aromatic rings. The zero-order chi connectivity index (χ0) is 16.4. The topological polar surface area (TPSA) is 84.9 Å². The van der Waals surface area contributed by atoms with Gasteiger partial charge in [0.05, 0.1) is 4.88 Å². The minimum Gasteiger partial charge on any atom is -0.486 e. The van der Waals surface area contributed by atoms with Crippen LogP contribution in [0.15, 0.2) is 30.3 Å². The average molecular weight is 333 g/mol. The highest BCUT2D eigenvalue weighted by atomic mass is 32.1. The average Bonchev–Trinajstić information content (AvgIpc) is 3.04. The lowest BCUT2D eigenvalue weighted by molar-refractivity contribution is -0.138. The standard InChI is InChI=1S/C16H15NO5S/c1-9(16(19)20)17-15(18)14-5-4-13(23-14)10-2-3-11-12(8-10)22-7-6-21-11/h2-5,8-9H,6-7H2,1H3,(H,17,18)(H,19,20)/t9-/m1/s1. The van der Waals surface area contributed by atoms with Crippen molar-refractivity contribution in [2.24, 2.45) is 0 Å². The highest BCUT2D eigenvalue weighted by Crippen LogP contribution is 2.36. The summed E-state index contributed by atoms with van der Waals surface area (Å²) in [5.41, 5.74) is 0.921. The number of hydrogen-bond donors (Lipinski definition) is 2. The largest absolute Gasteiger partial charge is 0.486 e. The molecule has 0 bridgehead atoms. The van der Waals surface area contributed by atoms with Crippen molar-refractivity contribution in [2.75, 3.05) is 13.2 Å². The van der Waals surface area contributed by atoms with E-state index in [2.05, 4.69) is 5.32 Å². The molecule has 1 amide bonds. The van der Waals surface area contributed by atoms with E-state index in [1.54, 1.807) is 6.07 Å². The second-order valence-corrected chi connectivity index (χ2v) is 6.14. The van der Waals surface area contributed by atoms with E-state index in [1.807, 2.05) is 24.3 Å². The fourth-order valence-corrected chi connectivity index (χ4v) is 3.05. The van der Waals surface area contributed by atoms with E-state index in [0.29, 0.717) is 29.6 Å². The molecule has 1 aliphatic rings. The van der Waals surface area contributed by atoms with Gasteiger partial charge in [0, 0.05) is 4.88 Å². The summed E-state index contributed by atoms with van der Waals surface area (Å²) in [5.74, 6) is -0.0619. The van der Waals surface area contributed by atoms with Crippen LogP contribution in [-0.4, -0.2) is 36.2 Å². The molecule has 3 rings (SSSR count). The SMILES string of the molecule is C[C@@H](NC(=O)c1ccc(-c2ccc3c(c2)OCCO3)s1)C(=O)O. The first-order valence-corrected chi connectivity index (χ1v) is 7.90. The molecule has 0 radical (unpaired) electrons. The molecule has 0 fully saturated rings. The van der Waals surface area contributed by atoms with Gasteiger partial charge in [0.15, 0.2) is 11.5 Å². The zero-order valence-electron chi connectivity index (χ0n) is 12.4.